The minimum absolute atomic E-state index is 0.0172. The average Bonchev–Trinajstić information content (AvgIpc) is 2.61. The van der Waals surface area contributed by atoms with E-state index in [0.29, 0.717) is 5.92 Å². The lowest BCUT2D eigenvalue weighted by molar-refractivity contribution is 0.0930. The van der Waals surface area contributed by atoms with Crippen molar-refractivity contribution >= 4 is 11.6 Å². The number of hydrogen-bond donors (Lipinski definition) is 2. The third kappa shape index (κ3) is 4.59. The second-order valence-electron chi connectivity index (χ2n) is 6.56. The van der Waals surface area contributed by atoms with Gasteiger partial charge in [-0.15, -0.1) is 0 Å². The zero-order valence-electron chi connectivity index (χ0n) is 13.9. The summed E-state index contributed by atoms with van der Waals surface area (Å²) in [6.45, 7) is 3.79. The summed E-state index contributed by atoms with van der Waals surface area (Å²) < 4.78 is 0. The minimum Gasteiger partial charge on any atom is -0.399 e. The lowest BCUT2D eigenvalue weighted by atomic mass is 9.97. The van der Waals surface area contributed by atoms with Crippen LogP contribution in [0.3, 0.4) is 0 Å². The second-order valence-corrected chi connectivity index (χ2v) is 6.56. The summed E-state index contributed by atoms with van der Waals surface area (Å²) in [5.41, 5.74) is 8.66. The first kappa shape index (κ1) is 16.5. The molecule has 0 spiro atoms. The number of piperidine rings is 1. The fraction of sp³-hybridized carbons (Fsp3) is 0.350. The molecule has 4 heteroatoms. The molecule has 2 aromatic carbocycles. The molecule has 126 valence electrons. The van der Waals surface area contributed by atoms with Crippen LogP contribution in [0, 0.1) is 5.92 Å². The molecule has 1 unspecified atom stereocenters. The Hall–Kier alpha value is -2.33. The Labute approximate surface area is 143 Å². The van der Waals surface area contributed by atoms with Crippen LogP contribution in [0.2, 0.25) is 0 Å². The molecule has 3 rings (SSSR count). The van der Waals surface area contributed by atoms with E-state index in [1.807, 2.05) is 48.5 Å². The summed E-state index contributed by atoms with van der Waals surface area (Å²) in [6, 6.07) is 17.5. The zero-order chi connectivity index (χ0) is 16.8. The normalized spacial score (nSPS) is 18.2. The number of likely N-dealkylation sites (tertiary alicyclic amines) is 1. The number of carbonyl (C=O) groups is 1. The Kier molecular flexibility index (Phi) is 5.49. The Morgan fingerprint density at radius 2 is 2.00 bits per heavy atom. The topological polar surface area (TPSA) is 58.4 Å². The highest BCUT2D eigenvalue weighted by atomic mass is 16.1. The van der Waals surface area contributed by atoms with Crippen molar-refractivity contribution in [3.8, 4) is 0 Å². The predicted molar refractivity (Wildman–Crippen MR) is 97.6 cm³/mol. The van der Waals surface area contributed by atoms with Crippen molar-refractivity contribution in [2.24, 2.45) is 5.92 Å². The largest absolute Gasteiger partial charge is 0.399 e. The van der Waals surface area contributed by atoms with Gasteiger partial charge in [-0.25, -0.2) is 0 Å². The van der Waals surface area contributed by atoms with Crippen molar-refractivity contribution in [3.05, 3.63) is 65.7 Å². The van der Waals surface area contributed by atoms with Gasteiger partial charge in [0.2, 0.25) is 0 Å². The standard InChI is InChI=1S/C20H25N3O/c21-19-10-4-6-16(12-19)14-23-11-5-7-17(15-23)13-22-20(24)18-8-2-1-3-9-18/h1-4,6,8-10,12,17H,5,7,11,13-15,21H2,(H,22,24). The van der Waals surface area contributed by atoms with Crippen molar-refractivity contribution in [2.75, 3.05) is 25.4 Å². The summed E-state index contributed by atoms with van der Waals surface area (Å²) in [6.07, 6.45) is 2.34. The van der Waals surface area contributed by atoms with E-state index < -0.39 is 0 Å². The molecule has 1 saturated heterocycles. The van der Waals surface area contributed by atoms with E-state index in [2.05, 4.69) is 16.3 Å². The van der Waals surface area contributed by atoms with Crippen LogP contribution in [-0.2, 0) is 6.54 Å². The molecule has 24 heavy (non-hydrogen) atoms. The zero-order valence-corrected chi connectivity index (χ0v) is 13.9. The average molecular weight is 323 g/mol. The number of carbonyl (C=O) groups excluding carboxylic acids is 1. The van der Waals surface area contributed by atoms with Gasteiger partial charge in [-0.1, -0.05) is 30.3 Å². The number of hydrogen-bond acceptors (Lipinski definition) is 3. The van der Waals surface area contributed by atoms with E-state index in [9.17, 15) is 4.79 Å². The lowest BCUT2D eigenvalue weighted by Gasteiger charge is -2.33. The Balaban J connectivity index is 1.49. The summed E-state index contributed by atoms with van der Waals surface area (Å²) in [5.74, 6) is 0.524. The van der Waals surface area contributed by atoms with Crippen molar-refractivity contribution in [3.63, 3.8) is 0 Å². The highest BCUT2D eigenvalue weighted by Gasteiger charge is 2.20. The van der Waals surface area contributed by atoms with Crippen molar-refractivity contribution in [1.29, 1.82) is 0 Å². The van der Waals surface area contributed by atoms with Crippen molar-refractivity contribution < 1.29 is 4.79 Å². The van der Waals surface area contributed by atoms with Crippen molar-refractivity contribution in [2.45, 2.75) is 19.4 Å². The molecule has 0 aliphatic carbocycles. The molecule has 1 amide bonds. The lowest BCUT2D eigenvalue weighted by Crippen LogP contribution is -2.40. The molecule has 0 bridgehead atoms. The van der Waals surface area contributed by atoms with Gasteiger partial charge in [0.25, 0.3) is 5.91 Å². The van der Waals surface area contributed by atoms with Gasteiger partial charge in [-0.2, -0.15) is 0 Å². The molecule has 3 N–H and O–H groups in total. The molecule has 1 aliphatic heterocycles. The number of benzene rings is 2. The monoisotopic (exact) mass is 323 g/mol. The summed E-state index contributed by atoms with van der Waals surface area (Å²) in [4.78, 5) is 14.6. The number of amides is 1. The summed E-state index contributed by atoms with van der Waals surface area (Å²) >= 11 is 0. The maximum Gasteiger partial charge on any atom is 0.251 e. The van der Waals surface area contributed by atoms with Gasteiger partial charge in [-0.05, 0) is 55.1 Å². The molecule has 4 nitrogen and oxygen atoms in total. The molecule has 1 aliphatic rings. The van der Waals surface area contributed by atoms with Crippen LogP contribution in [0.15, 0.2) is 54.6 Å². The van der Waals surface area contributed by atoms with E-state index in [-0.39, 0.29) is 5.91 Å². The highest BCUT2D eigenvalue weighted by Crippen LogP contribution is 2.19. The first-order valence-electron chi connectivity index (χ1n) is 8.61. The summed E-state index contributed by atoms with van der Waals surface area (Å²) in [5, 5.41) is 3.08. The molecule has 0 radical (unpaired) electrons. The molecule has 1 fully saturated rings. The quantitative estimate of drug-likeness (QED) is 0.832. The van der Waals surface area contributed by atoms with E-state index in [1.165, 1.54) is 18.4 Å². The van der Waals surface area contributed by atoms with Crippen LogP contribution in [0.25, 0.3) is 0 Å². The first-order chi connectivity index (χ1) is 11.7. The SMILES string of the molecule is Nc1cccc(CN2CCCC(CNC(=O)c3ccccc3)C2)c1. The number of nitrogen functional groups attached to an aromatic ring is 1. The van der Waals surface area contributed by atoms with Crippen LogP contribution in [-0.4, -0.2) is 30.4 Å². The Morgan fingerprint density at radius 1 is 1.17 bits per heavy atom. The Bertz CT molecular complexity index is 672. The smallest absolute Gasteiger partial charge is 0.251 e. The maximum atomic E-state index is 12.2. The number of nitrogens with zero attached hydrogens (tertiary/aromatic N) is 1. The van der Waals surface area contributed by atoms with Crippen molar-refractivity contribution in [1.82, 2.24) is 10.2 Å². The minimum atomic E-state index is 0.0172. The molecule has 1 atom stereocenters. The van der Waals surface area contributed by atoms with E-state index >= 15 is 0 Å². The van der Waals surface area contributed by atoms with E-state index in [1.54, 1.807) is 0 Å². The maximum absolute atomic E-state index is 12.2. The predicted octanol–water partition coefficient (Wildman–Crippen LogP) is 2.91. The van der Waals surface area contributed by atoms with Crippen LogP contribution < -0.4 is 11.1 Å². The number of rotatable bonds is 5. The highest BCUT2D eigenvalue weighted by molar-refractivity contribution is 5.94. The van der Waals surface area contributed by atoms with E-state index in [4.69, 9.17) is 5.73 Å². The third-order valence-electron chi connectivity index (χ3n) is 4.55. The second kappa shape index (κ2) is 7.97. The van der Waals surface area contributed by atoms with Crippen LogP contribution in [0.1, 0.15) is 28.8 Å². The fourth-order valence-electron chi connectivity index (χ4n) is 3.34. The Morgan fingerprint density at radius 3 is 2.79 bits per heavy atom. The van der Waals surface area contributed by atoms with Crippen LogP contribution in [0.4, 0.5) is 5.69 Å². The van der Waals surface area contributed by atoms with Gasteiger partial charge in [0.15, 0.2) is 0 Å². The molecule has 2 aromatic rings. The number of nitrogens with two attached hydrogens (primary N) is 1. The first-order valence-corrected chi connectivity index (χ1v) is 8.61. The molecular formula is C20H25N3O. The van der Waals surface area contributed by atoms with Crippen LogP contribution in [0.5, 0.6) is 0 Å². The van der Waals surface area contributed by atoms with Gasteiger partial charge < -0.3 is 11.1 Å². The van der Waals surface area contributed by atoms with Gasteiger partial charge in [0.05, 0.1) is 0 Å². The molecular weight excluding hydrogens is 298 g/mol. The number of anilines is 1. The van der Waals surface area contributed by atoms with Gasteiger partial charge >= 0.3 is 0 Å². The van der Waals surface area contributed by atoms with Gasteiger partial charge in [0, 0.05) is 30.9 Å². The van der Waals surface area contributed by atoms with E-state index in [0.717, 1.165) is 37.4 Å². The van der Waals surface area contributed by atoms with Gasteiger partial charge in [-0.3, -0.25) is 9.69 Å². The van der Waals surface area contributed by atoms with Crippen LogP contribution >= 0.6 is 0 Å². The molecule has 0 aromatic heterocycles. The van der Waals surface area contributed by atoms with Gasteiger partial charge in [0.1, 0.15) is 0 Å². The molecule has 0 saturated carbocycles. The fourth-order valence-corrected chi connectivity index (χ4v) is 3.34. The summed E-state index contributed by atoms with van der Waals surface area (Å²) in [7, 11) is 0. The number of nitrogens with one attached hydrogen (secondary N) is 1. The molecule has 1 heterocycles. The third-order valence-corrected chi connectivity index (χ3v) is 4.55.